The summed E-state index contributed by atoms with van der Waals surface area (Å²) in [5.41, 5.74) is 3.55. The molecule has 0 amide bonds. The van der Waals surface area contributed by atoms with Crippen molar-refractivity contribution in [1.29, 1.82) is 0 Å². The van der Waals surface area contributed by atoms with Gasteiger partial charge in [-0.05, 0) is 26.3 Å². The third-order valence-corrected chi connectivity index (χ3v) is 3.07. The van der Waals surface area contributed by atoms with Crippen molar-refractivity contribution in [2.24, 2.45) is 0 Å². The zero-order chi connectivity index (χ0) is 13.0. The molecule has 1 heterocycles. The molecule has 1 aromatic heterocycles. The third-order valence-electron chi connectivity index (χ3n) is 3.07. The molecule has 3 heteroatoms. The van der Waals surface area contributed by atoms with Gasteiger partial charge in [0.25, 0.3) is 0 Å². The minimum absolute atomic E-state index is 0.189. The molecule has 2 aromatic rings. The summed E-state index contributed by atoms with van der Waals surface area (Å²) in [7, 11) is 0. The molecule has 0 saturated heterocycles. The SMILES string of the molecule is Cc1cccc([C@H](C)NC(C)c2cnccn2)c1. The van der Waals surface area contributed by atoms with Crippen molar-refractivity contribution >= 4 is 0 Å². The lowest BCUT2D eigenvalue weighted by molar-refractivity contribution is 0.485. The fraction of sp³-hybridized carbons (Fsp3) is 0.333. The third kappa shape index (κ3) is 3.14. The minimum Gasteiger partial charge on any atom is -0.302 e. The van der Waals surface area contributed by atoms with E-state index in [-0.39, 0.29) is 6.04 Å². The predicted octanol–water partition coefficient (Wildman–Crippen LogP) is 3.20. The van der Waals surface area contributed by atoms with Crippen molar-refractivity contribution in [2.45, 2.75) is 32.9 Å². The Hall–Kier alpha value is -1.74. The van der Waals surface area contributed by atoms with Crippen LogP contribution in [0.5, 0.6) is 0 Å². The maximum atomic E-state index is 4.32. The van der Waals surface area contributed by atoms with Gasteiger partial charge in [0.1, 0.15) is 0 Å². The van der Waals surface area contributed by atoms with E-state index in [0.29, 0.717) is 6.04 Å². The summed E-state index contributed by atoms with van der Waals surface area (Å²) in [6.07, 6.45) is 5.23. The molecular formula is C15H19N3. The van der Waals surface area contributed by atoms with Gasteiger partial charge in [0.15, 0.2) is 0 Å². The van der Waals surface area contributed by atoms with Gasteiger partial charge in [-0.2, -0.15) is 0 Å². The average molecular weight is 241 g/mol. The van der Waals surface area contributed by atoms with Crippen LogP contribution in [-0.2, 0) is 0 Å². The zero-order valence-electron chi connectivity index (χ0n) is 11.1. The van der Waals surface area contributed by atoms with E-state index < -0.39 is 0 Å². The molecule has 0 bridgehead atoms. The number of aryl methyl sites for hydroxylation is 1. The van der Waals surface area contributed by atoms with E-state index in [1.54, 1.807) is 18.6 Å². The molecule has 2 atom stereocenters. The second-order valence-electron chi connectivity index (χ2n) is 4.65. The molecule has 1 aromatic carbocycles. The van der Waals surface area contributed by atoms with E-state index in [1.807, 2.05) is 0 Å². The maximum Gasteiger partial charge on any atom is 0.0753 e. The standard InChI is InChI=1S/C15H19N3/c1-11-5-4-6-14(9-11)12(2)18-13(3)15-10-16-7-8-17-15/h4-10,12-13,18H,1-3H3/t12-,13?/m0/s1. The second kappa shape index (κ2) is 5.74. The molecule has 3 nitrogen and oxygen atoms in total. The van der Waals surface area contributed by atoms with Gasteiger partial charge in [-0.1, -0.05) is 29.8 Å². The molecule has 1 N–H and O–H groups in total. The van der Waals surface area contributed by atoms with Gasteiger partial charge in [0.2, 0.25) is 0 Å². The first kappa shape index (κ1) is 12.7. The number of hydrogen-bond acceptors (Lipinski definition) is 3. The van der Waals surface area contributed by atoms with Crippen LogP contribution in [0.25, 0.3) is 0 Å². The highest BCUT2D eigenvalue weighted by atomic mass is 15.0. The Bertz CT molecular complexity index is 496. The Labute approximate surface area is 108 Å². The van der Waals surface area contributed by atoms with Crippen LogP contribution in [0.2, 0.25) is 0 Å². The molecule has 2 rings (SSSR count). The molecular weight excluding hydrogens is 222 g/mol. The van der Waals surface area contributed by atoms with Crippen LogP contribution in [0.3, 0.4) is 0 Å². The van der Waals surface area contributed by atoms with Crippen LogP contribution in [0.15, 0.2) is 42.9 Å². The fourth-order valence-electron chi connectivity index (χ4n) is 2.03. The molecule has 0 fully saturated rings. The molecule has 0 aliphatic carbocycles. The van der Waals surface area contributed by atoms with Crippen molar-refractivity contribution in [3.63, 3.8) is 0 Å². The van der Waals surface area contributed by atoms with Crippen molar-refractivity contribution in [3.8, 4) is 0 Å². The number of aromatic nitrogens is 2. The number of benzene rings is 1. The second-order valence-corrected chi connectivity index (χ2v) is 4.65. The first-order valence-corrected chi connectivity index (χ1v) is 6.25. The Morgan fingerprint density at radius 1 is 1.11 bits per heavy atom. The summed E-state index contributed by atoms with van der Waals surface area (Å²) in [5, 5.41) is 3.54. The normalized spacial score (nSPS) is 14.2. The topological polar surface area (TPSA) is 37.8 Å². The Balaban J connectivity index is 2.05. The first-order chi connectivity index (χ1) is 8.66. The molecule has 1 unspecified atom stereocenters. The van der Waals surface area contributed by atoms with Crippen LogP contribution in [0.4, 0.5) is 0 Å². The van der Waals surface area contributed by atoms with Gasteiger partial charge in [-0.3, -0.25) is 9.97 Å². The Kier molecular flexibility index (Phi) is 4.05. The van der Waals surface area contributed by atoms with E-state index in [4.69, 9.17) is 0 Å². The van der Waals surface area contributed by atoms with E-state index in [1.165, 1.54) is 11.1 Å². The monoisotopic (exact) mass is 241 g/mol. The number of nitrogens with zero attached hydrogens (tertiary/aromatic N) is 2. The van der Waals surface area contributed by atoms with Crippen LogP contribution in [-0.4, -0.2) is 9.97 Å². The highest BCUT2D eigenvalue weighted by Crippen LogP contribution is 2.18. The fourth-order valence-corrected chi connectivity index (χ4v) is 2.03. The van der Waals surface area contributed by atoms with Gasteiger partial charge in [0.05, 0.1) is 5.69 Å². The molecule has 18 heavy (non-hydrogen) atoms. The van der Waals surface area contributed by atoms with Gasteiger partial charge >= 0.3 is 0 Å². The van der Waals surface area contributed by atoms with E-state index in [2.05, 4.69) is 60.3 Å². The Morgan fingerprint density at radius 2 is 1.94 bits per heavy atom. The van der Waals surface area contributed by atoms with E-state index in [9.17, 15) is 0 Å². The maximum absolute atomic E-state index is 4.32. The van der Waals surface area contributed by atoms with Crippen LogP contribution in [0.1, 0.15) is 42.8 Å². The minimum atomic E-state index is 0.189. The van der Waals surface area contributed by atoms with Crippen LogP contribution >= 0.6 is 0 Å². The molecule has 0 radical (unpaired) electrons. The molecule has 0 saturated carbocycles. The molecule has 94 valence electrons. The van der Waals surface area contributed by atoms with Gasteiger partial charge in [0, 0.05) is 30.7 Å². The highest BCUT2D eigenvalue weighted by Gasteiger charge is 2.11. The van der Waals surface area contributed by atoms with E-state index >= 15 is 0 Å². The van der Waals surface area contributed by atoms with Gasteiger partial charge in [-0.15, -0.1) is 0 Å². The summed E-state index contributed by atoms with van der Waals surface area (Å²) in [6, 6.07) is 9.05. The van der Waals surface area contributed by atoms with Crippen molar-refractivity contribution in [2.75, 3.05) is 0 Å². The van der Waals surface area contributed by atoms with Crippen LogP contribution < -0.4 is 5.32 Å². The van der Waals surface area contributed by atoms with E-state index in [0.717, 1.165) is 5.69 Å². The van der Waals surface area contributed by atoms with Crippen molar-refractivity contribution in [1.82, 2.24) is 15.3 Å². The lowest BCUT2D eigenvalue weighted by Crippen LogP contribution is -2.23. The molecule has 0 aliphatic rings. The average Bonchev–Trinajstić information content (AvgIpc) is 2.39. The van der Waals surface area contributed by atoms with Crippen molar-refractivity contribution in [3.05, 3.63) is 59.7 Å². The summed E-state index contributed by atoms with van der Waals surface area (Å²) >= 11 is 0. The number of nitrogens with one attached hydrogen (secondary N) is 1. The summed E-state index contributed by atoms with van der Waals surface area (Å²) in [4.78, 5) is 8.42. The number of rotatable bonds is 4. The highest BCUT2D eigenvalue weighted by molar-refractivity contribution is 5.24. The smallest absolute Gasteiger partial charge is 0.0753 e. The van der Waals surface area contributed by atoms with Crippen molar-refractivity contribution < 1.29 is 0 Å². The van der Waals surface area contributed by atoms with Gasteiger partial charge < -0.3 is 5.32 Å². The van der Waals surface area contributed by atoms with Gasteiger partial charge in [-0.25, -0.2) is 0 Å². The summed E-state index contributed by atoms with van der Waals surface area (Å²) < 4.78 is 0. The lowest BCUT2D eigenvalue weighted by Gasteiger charge is -2.20. The molecule has 0 aliphatic heterocycles. The molecule has 0 spiro atoms. The Morgan fingerprint density at radius 3 is 2.61 bits per heavy atom. The van der Waals surface area contributed by atoms with Crippen LogP contribution in [0, 0.1) is 6.92 Å². The number of hydrogen-bond donors (Lipinski definition) is 1. The first-order valence-electron chi connectivity index (χ1n) is 6.25. The zero-order valence-corrected chi connectivity index (χ0v) is 11.1. The quantitative estimate of drug-likeness (QED) is 0.893. The largest absolute Gasteiger partial charge is 0.302 e. The summed E-state index contributed by atoms with van der Waals surface area (Å²) in [6.45, 7) is 6.39. The predicted molar refractivity (Wildman–Crippen MR) is 73.2 cm³/mol. The lowest BCUT2D eigenvalue weighted by atomic mass is 10.0. The summed E-state index contributed by atoms with van der Waals surface area (Å²) in [5.74, 6) is 0.